The van der Waals surface area contributed by atoms with E-state index in [-0.39, 0.29) is 50.8 Å². The van der Waals surface area contributed by atoms with Gasteiger partial charge in [0.05, 0.1) is 30.9 Å². The van der Waals surface area contributed by atoms with Gasteiger partial charge in [0.2, 0.25) is 11.8 Å². The highest BCUT2D eigenvalue weighted by Crippen LogP contribution is 2.17. The van der Waals surface area contributed by atoms with Crippen LogP contribution >= 0.6 is 0 Å². The largest absolute Gasteiger partial charge is 0.463 e. The highest BCUT2D eigenvalue weighted by Gasteiger charge is 2.27. The van der Waals surface area contributed by atoms with E-state index in [4.69, 9.17) is 14.6 Å². The van der Waals surface area contributed by atoms with E-state index in [1.165, 1.54) is 6.08 Å². The summed E-state index contributed by atoms with van der Waals surface area (Å²) < 4.78 is 10.5. The Balaban J connectivity index is 4.75. The van der Waals surface area contributed by atoms with Crippen LogP contribution in [0.15, 0.2) is 25.3 Å². The molecular weight excluding hydrogens is 416 g/mol. The fourth-order valence-electron chi connectivity index (χ4n) is 2.75. The number of nitrogens with one attached hydrogen (secondary N) is 2. The number of hydrogen-bond donors (Lipinski definition) is 3. The minimum absolute atomic E-state index is 0.0539. The number of carbonyl (C=O) groups is 4. The van der Waals surface area contributed by atoms with E-state index in [0.29, 0.717) is 6.42 Å². The van der Waals surface area contributed by atoms with Crippen LogP contribution in [0, 0.1) is 11.8 Å². The van der Waals surface area contributed by atoms with Gasteiger partial charge in [0, 0.05) is 13.0 Å². The molecule has 0 fully saturated rings. The van der Waals surface area contributed by atoms with Crippen molar-refractivity contribution in [2.24, 2.45) is 11.8 Å². The van der Waals surface area contributed by atoms with Gasteiger partial charge in [0.1, 0.15) is 12.2 Å². The first-order valence-corrected chi connectivity index (χ1v) is 10.7. The number of rotatable bonds is 15. The van der Waals surface area contributed by atoms with Gasteiger partial charge in [-0.05, 0) is 40.5 Å². The molecule has 0 aliphatic rings. The van der Waals surface area contributed by atoms with Crippen LogP contribution < -0.4 is 10.6 Å². The average molecular weight is 455 g/mol. The lowest BCUT2D eigenvalue weighted by atomic mass is 9.99. The Morgan fingerprint density at radius 3 is 2.16 bits per heavy atom. The Labute approximate surface area is 190 Å². The minimum Gasteiger partial charge on any atom is -0.463 e. The molecule has 9 nitrogen and oxygen atoms in total. The van der Waals surface area contributed by atoms with Crippen molar-refractivity contribution >= 4 is 23.8 Å². The number of esters is 2. The summed E-state index contributed by atoms with van der Waals surface area (Å²) in [5.41, 5.74) is -0.657. The van der Waals surface area contributed by atoms with E-state index >= 15 is 0 Å². The maximum Gasteiger partial charge on any atom is 0.309 e. The number of hydrogen-bond acceptors (Lipinski definition) is 7. The standard InChI is InChI=1S/C23H38N2O7/c1-7-9-17(13-19(27)24-11-12-26)21(29)25-16(3)15-31-22(30)18(10-8-2)14-20(28)32-23(4,5)6/h7-8,16-18,26H,1-2,9-15H2,3-6H3,(H,24,27)(H,25,29)/t16-,17-,18+/m0/s1. The second kappa shape index (κ2) is 15.2. The van der Waals surface area contributed by atoms with Gasteiger partial charge < -0.3 is 25.2 Å². The molecule has 0 unspecified atom stereocenters. The minimum atomic E-state index is -0.728. The SMILES string of the molecule is C=CC[C@@H](CC(=O)NCCO)C(=O)N[C@@H](C)COC(=O)[C@H](CC=C)CC(=O)OC(C)(C)C. The maximum atomic E-state index is 12.5. The summed E-state index contributed by atoms with van der Waals surface area (Å²) in [5.74, 6) is -3.17. The number of aliphatic hydroxyl groups is 1. The van der Waals surface area contributed by atoms with E-state index in [1.807, 2.05) is 0 Å². The van der Waals surface area contributed by atoms with E-state index in [9.17, 15) is 19.2 Å². The van der Waals surface area contributed by atoms with Crippen LogP contribution in [0.5, 0.6) is 0 Å². The fraction of sp³-hybridized carbons (Fsp3) is 0.652. The monoisotopic (exact) mass is 454 g/mol. The van der Waals surface area contributed by atoms with E-state index in [0.717, 1.165) is 0 Å². The molecule has 0 aliphatic carbocycles. The molecule has 3 N–H and O–H groups in total. The molecule has 3 atom stereocenters. The van der Waals surface area contributed by atoms with Crippen LogP contribution in [0.25, 0.3) is 0 Å². The van der Waals surface area contributed by atoms with Gasteiger partial charge >= 0.3 is 11.9 Å². The molecule has 32 heavy (non-hydrogen) atoms. The second-order valence-electron chi connectivity index (χ2n) is 8.55. The highest BCUT2D eigenvalue weighted by molar-refractivity contribution is 5.86. The number of carbonyl (C=O) groups excluding carboxylic acids is 4. The topological polar surface area (TPSA) is 131 Å². The lowest BCUT2D eigenvalue weighted by Gasteiger charge is -2.22. The average Bonchev–Trinajstić information content (AvgIpc) is 2.68. The van der Waals surface area contributed by atoms with Crippen molar-refractivity contribution in [2.75, 3.05) is 19.8 Å². The third kappa shape index (κ3) is 13.6. The molecule has 0 saturated heterocycles. The summed E-state index contributed by atoms with van der Waals surface area (Å²) in [6.45, 7) is 13.9. The highest BCUT2D eigenvalue weighted by atomic mass is 16.6. The summed E-state index contributed by atoms with van der Waals surface area (Å²) >= 11 is 0. The zero-order chi connectivity index (χ0) is 24.7. The van der Waals surface area contributed by atoms with Crippen LogP contribution in [0.2, 0.25) is 0 Å². The molecule has 0 aromatic carbocycles. The predicted octanol–water partition coefficient (Wildman–Crippen LogP) is 1.65. The van der Waals surface area contributed by atoms with Crippen molar-refractivity contribution in [3.63, 3.8) is 0 Å². The van der Waals surface area contributed by atoms with Crippen molar-refractivity contribution in [3.05, 3.63) is 25.3 Å². The molecule has 0 saturated carbocycles. The summed E-state index contributed by atoms with van der Waals surface area (Å²) in [6, 6.07) is -0.509. The summed E-state index contributed by atoms with van der Waals surface area (Å²) in [5, 5.41) is 14.0. The Morgan fingerprint density at radius 1 is 1.03 bits per heavy atom. The molecule has 0 heterocycles. The number of aliphatic hydroxyl groups excluding tert-OH is 1. The van der Waals surface area contributed by atoms with Gasteiger partial charge in [0.15, 0.2) is 0 Å². The quantitative estimate of drug-likeness (QED) is 0.253. The van der Waals surface area contributed by atoms with Crippen LogP contribution in [0.4, 0.5) is 0 Å². The molecule has 0 aliphatic heterocycles. The molecule has 0 aromatic heterocycles. The fourth-order valence-corrected chi connectivity index (χ4v) is 2.75. The molecule has 0 bridgehead atoms. The molecule has 182 valence electrons. The predicted molar refractivity (Wildman–Crippen MR) is 120 cm³/mol. The van der Waals surface area contributed by atoms with Crippen LogP contribution in [-0.2, 0) is 28.7 Å². The van der Waals surface area contributed by atoms with Gasteiger partial charge in [-0.25, -0.2) is 0 Å². The van der Waals surface area contributed by atoms with E-state index in [2.05, 4.69) is 23.8 Å². The lowest BCUT2D eigenvalue weighted by Crippen LogP contribution is -2.42. The first kappa shape index (κ1) is 29.3. The van der Waals surface area contributed by atoms with E-state index in [1.54, 1.807) is 33.8 Å². The Kier molecular flexibility index (Phi) is 13.9. The molecule has 2 amide bonds. The second-order valence-corrected chi connectivity index (χ2v) is 8.55. The van der Waals surface area contributed by atoms with Crippen molar-refractivity contribution in [1.82, 2.24) is 10.6 Å². The van der Waals surface area contributed by atoms with Gasteiger partial charge in [-0.3, -0.25) is 19.2 Å². The first-order chi connectivity index (χ1) is 14.9. The number of ether oxygens (including phenoxy) is 2. The number of amides is 2. The lowest BCUT2D eigenvalue weighted by molar-refractivity contribution is -0.161. The summed E-state index contributed by atoms with van der Waals surface area (Å²) in [7, 11) is 0. The van der Waals surface area contributed by atoms with Crippen molar-refractivity contribution in [3.8, 4) is 0 Å². The third-order valence-corrected chi connectivity index (χ3v) is 4.17. The Morgan fingerprint density at radius 2 is 1.62 bits per heavy atom. The first-order valence-electron chi connectivity index (χ1n) is 10.7. The van der Waals surface area contributed by atoms with Crippen molar-refractivity contribution in [1.29, 1.82) is 0 Å². The summed E-state index contributed by atoms with van der Waals surface area (Å²) in [6.07, 6.45) is 3.44. The van der Waals surface area contributed by atoms with Crippen molar-refractivity contribution < 1.29 is 33.8 Å². The molecular formula is C23H38N2O7. The van der Waals surface area contributed by atoms with Crippen molar-refractivity contribution in [2.45, 2.75) is 65.0 Å². The maximum absolute atomic E-state index is 12.5. The van der Waals surface area contributed by atoms with E-state index < -0.39 is 35.4 Å². The smallest absolute Gasteiger partial charge is 0.309 e. The van der Waals surface area contributed by atoms with Gasteiger partial charge in [-0.15, -0.1) is 13.2 Å². The molecule has 9 heteroatoms. The molecule has 0 aromatic rings. The zero-order valence-electron chi connectivity index (χ0n) is 19.6. The Bertz CT molecular complexity index is 655. The third-order valence-electron chi connectivity index (χ3n) is 4.17. The molecule has 0 spiro atoms. The molecule has 0 radical (unpaired) electrons. The van der Waals surface area contributed by atoms with Gasteiger partial charge in [-0.1, -0.05) is 12.2 Å². The number of allylic oxidation sites excluding steroid dienone is 2. The molecule has 0 rings (SSSR count). The van der Waals surface area contributed by atoms with Crippen LogP contribution in [-0.4, -0.2) is 60.3 Å². The van der Waals surface area contributed by atoms with Crippen LogP contribution in [0.3, 0.4) is 0 Å². The normalized spacial score (nSPS) is 13.8. The Hall–Kier alpha value is -2.68. The van der Waals surface area contributed by atoms with Gasteiger partial charge in [0.25, 0.3) is 0 Å². The zero-order valence-corrected chi connectivity index (χ0v) is 19.6. The summed E-state index contributed by atoms with van der Waals surface area (Å²) in [4.78, 5) is 48.8. The van der Waals surface area contributed by atoms with Crippen LogP contribution in [0.1, 0.15) is 53.4 Å². The van der Waals surface area contributed by atoms with Gasteiger partial charge in [-0.2, -0.15) is 0 Å².